The highest BCUT2D eigenvalue weighted by Crippen LogP contribution is 2.26. The van der Waals surface area contributed by atoms with Gasteiger partial charge in [0.15, 0.2) is 5.17 Å². The Kier molecular flexibility index (Phi) is 10.3. The minimum absolute atomic E-state index is 0. The fourth-order valence-corrected chi connectivity index (χ4v) is 5.44. The molecule has 0 bridgehead atoms. The third-order valence-electron chi connectivity index (χ3n) is 6.47. The van der Waals surface area contributed by atoms with Crippen LogP contribution in [0.15, 0.2) is 5.10 Å². The van der Waals surface area contributed by atoms with Gasteiger partial charge in [-0.3, -0.25) is 19.2 Å². The summed E-state index contributed by atoms with van der Waals surface area (Å²) >= 11 is 1.52. The summed E-state index contributed by atoms with van der Waals surface area (Å²) in [5, 5.41) is 7.64. The Labute approximate surface area is 199 Å². The Morgan fingerprint density at radius 3 is 2.25 bits per heavy atom. The Bertz CT molecular complexity index is 736. The molecule has 2 saturated heterocycles. The molecule has 9 nitrogen and oxygen atoms in total. The van der Waals surface area contributed by atoms with Crippen molar-refractivity contribution in [3.05, 3.63) is 0 Å². The lowest BCUT2D eigenvalue weighted by Crippen LogP contribution is -2.54. The molecule has 3 fully saturated rings. The van der Waals surface area contributed by atoms with Crippen LogP contribution in [-0.2, 0) is 19.2 Å². The number of nitrogens with one attached hydrogen (secondary N) is 2. The van der Waals surface area contributed by atoms with Crippen LogP contribution in [0.25, 0.3) is 0 Å². The summed E-state index contributed by atoms with van der Waals surface area (Å²) in [6, 6.07) is -0.891. The predicted octanol–water partition coefficient (Wildman–Crippen LogP) is 1.37. The minimum Gasteiger partial charge on any atom is -0.352 e. The zero-order valence-electron chi connectivity index (χ0n) is 18.8. The number of amidine groups is 1. The lowest BCUT2D eigenvalue weighted by atomic mass is 9.84. The van der Waals surface area contributed by atoms with Crippen molar-refractivity contribution in [1.82, 2.24) is 20.5 Å². The van der Waals surface area contributed by atoms with Crippen LogP contribution in [0, 0.1) is 11.8 Å². The highest BCUT2D eigenvalue weighted by Gasteiger charge is 2.37. The average molecular weight is 488 g/mol. The monoisotopic (exact) mass is 487 g/mol. The zero-order valence-corrected chi connectivity index (χ0v) is 20.4. The summed E-state index contributed by atoms with van der Waals surface area (Å²) in [4.78, 5) is 53.8. The number of likely N-dealkylation sites (tertiary alicyclic amines) is 1. The van der Waals surface area contributed by atoms with Crippen molar-refractivity contribution in [2.75, 3.05) is 32.4 Å². The van der Waals surface area contributed by atoms with Crippen molar-refractivity contribution in [3.63, 3.8) is 0 Å². The van der Waals surface area contributed by atoms with Crippen LogP contribution in [0.1, 0.15) is 51.9 Å². The second-order valence-corrected chi connectivity index (χ2v) is 9.70. The lowest BCUT2D eigenvalue weighted by molar-refractivity contribution is -0.142. The Balaban J connectivity index is 0.00000363. The lowest BCUT2D eigenvalue weighted by Gasteiger charge is -2.35. The minimum atomic E-state index is -0.891. The van der Waals surface area contributed by atoms with Gasteiger partial charge < -0.3 is 15.1 Å². The molecule has 180 valence electrons. The number of ketones is 1. The van der Waals surface area contributed by atoms with Crippen LogP contribution in [0.4, 0.5) is 0 Å². The first-order chi connectivity index (χ1) is 14.9. The van der Waals surface area contributed by atoms with Gasteiger partial charge >= 0.3 is 5.91 Å². The number of thioether (sulfide) groups is 1. The molecular weight excluding hydrogens is 454 g/mol. The van der Waals surface area contributed by atoms with E-state index in [1.807, 2.05) is 11.9 Å². The number of amides is 3. The molecule has 1 saturated carbocycles. The summed E-state index contributed by atoms with van der Waals surface area (Å²) in [5.41, 5.74) is 2.38. The second-order valence-electron chi connectivity index (χ2n) is 8.63. The normalized spacial score (nSPS) is 22.2. The highest BCUT2D eigenvalue weighted by atomic mass is 35.5. The van der Waals surface area contributed by atoms with Gasteiger partial charge in [-0.25, -0.2) is 5.43 Å². The largest absolute Gasteiger partial charge is 0.352 e. The third-order valence-corrected chi connectivity index (χ3v) is 7.52. The summed E-state index contributed by atoms with van der Waals surface area (Å²) in [5.74, 6) is -1.02. The molecule has 2 aliphatic heterocycles. The summed E-state index contributed by atoms with van der Waals surface area (Å²) in [7, 11) is 1.88. The molecule has 0 spiro atoms. The van der Waals surface area contributed by atoms with Gasteiger partial charge in [0, 0.05) is 45.3 Å². The number of hydrogen-bond acceptors (Lipinski definition) is 6. The number of carbonyl (C=O) groups is 4. The van der Waals surface area contributed by atoms with Crippen LogP contribution in [0.5, 0.6) is 0 Å². The predicted molar refractivity (Wildman–Crippen MR) is 126 cm³/mol. The van der Waals surface area contributed by atoms with Crippen molar-refractivity contribution in [3.8, 4) is 0 Å². The van der Waals surface area contributed by atoms with Gasteiger partial charge in [-0.1, -0.05) is 31.0 Å². The van der Waals surface area contributed by atoms with Gasteiger partial charge in [0.2, 0.25) is 17.6 Å². The van der Waals surface area contributed by atoms with Crippen molar-refractivity contribution in [1.29, 1.82) is 0 Å². The van der Waals surface area contributed by atoms with E-state index >= 15 is 0 Å². The Morgan fingerprint density at radius 2 is 1.69 bits per heavy atom. The fraction of sp³-hybridized carbons (Fsp3) is 0.762. The molecule has 32 heavy (non-hydrogen) atoms. The summed E-state index contributed by atoms with van der Waals surface area (Å²) < 4.78 is 0. The van der Waals surface area contributed by atoms with Crippen LogP contribution in [0.3, 0.4) is 0 Å². The first-order valence-corrected chi connectivity index (χ1v) is 12.2. The van der Waals surface area contributed by atoms with E-state index in [9.17, 15) is 19.2 Å². The molecule has 3 amide bonds. The van der Waals surface area contributed by atoms with Crippen molar-refractivity contribution < 1.29 is 19.2 Å². The molecule has 0 aromatic rings. The standard InChI is InChI=1S/C21H33N5O4S.ClH/c1-14(27)26-10-8-15(9-11-26)17(22-19(29)16-6-4-3-5-7-16)18(28)20(30)23-24-21-25(2)12-13-31-21;/h15-17H,3-13H2,1-2H3,(H,22,29)(H,23,30);1H. The molecule has 3 aliphatic rings. The van der Waals surface area contributed by atoms with Crippen LogP contribution in [-0.4, -0.2) is 76.9 Å². The maximum absolute atomic E-state index is 13.1. The number of Topliss-reactive ketones (excluding diaryl/α,β-unsaturated/α-hetero) is 1. The van der Waals surface area contributed by atoms with Gasteiger partial charge in [0.25, 0.3) is 0 Å². The van der Waals surface area contributed by atoms with E-state index in [1.165, 1.54) is 18.7 Å². The van der Waals surface area contributed by atoms with E-state index in [0.29, 0.717) is 31.1 Å². The van der Waals surface area contributed by atoms with Crippen molar-refractivity contribution >= 4 is 52.8 Å². The molecule has 2 N–H and O–H groups in total. The molecule has 2 heterocycles. The van der Waals surface area contributed by atoms with Crippen molar-refractivity contribution in [2.45, 2.75) is 57.9 Å². The molecular formula is C21H34ClN5O4S. The van der Waals surface area contributed by atoms with E-state index in [-0.39, 0.29) is 36.1 Å². The van der Waals surface area contributed by atoms with Gasteiger partial charge in [0.1, 0.15) is 6.04 Å². The number of rotatable bonds is 6. The van der Waals surface area contributed by atoms with Gasteiger partial charge in [-0.05, 0) is 31.6 Å². The number of hydrazone groups is 1. The SMILES string of the molecule is CC(=O)N1CCC(C(NC(=O)C2CCCCC2)C(=O)C(=O)NN=C2SCCN2C)CC1.Cl. The van der Waals surface area contributed by atoms with E-state index in [1.54, 1.807) is 4.90 Å². The number of halogens is 1. The first-order valence-electron chi connectivity index (χ1n) is 11.2. The number of piperidine rings is 1. The second kappa shape index (κ2) is 12.4. The topological polar surface area (TPSA) is 111 Å². The summed E-state index contributed by atoms with van der Waals surface area (Å²) in [6.07, 6.45) is 5.93. The molecule has 0 radical (unpaired) electrons. The molecule has 0 aromatic carbocycles. The summed E-state index contributed by atoms with van der Waals surface area (Å²) in [6.45, 7) is 3.41. The molecule has 3 rings (SSSR count). The highest BCUT2D eigenvalue weighted by molar-refractivity contribution is 8.14. The van der Waals surface area contributed by atoms with E-state index in [2.05, 4.69) is 15.8 Å². The van der Waals surface area contributed by atoms with Crippen LogP contribution in [0.2, 0.25) is 0 Å². The van der Waals surface area contributed by atoms with E-state index < -0.39 is 17.7 Å². The van der Waals surface area contributed by atoms with Gasteiger partial charge in [-0.2, -0.15) is 0 Å². The average Bonchev–Trinajstić information content (AvgIpc) is 3.20. The Hall–Kier alpha value is -1.81. The van der Waals surface area contributed by atoms with Crippen LogP contribution >= 0.6 is 24.2 Å². The van der Waals surface area contributed by atoms with E-state index in [4.69, 9.17) is 0 Å². The van der Waals surface area contributed by atoms with Crippen molar-refractivity contribution in [2.24, 2.45) is 16.9 Å². The molecule has 1 aliphatic carbocycles. The molecule has 0 aromatic heterocycles. The Morgan fingerprint density at radius 1 is 1.03 bits per heavy atom. The van der Waals surface area contributed by atoms with Gasteiger partial charge in [0.05, 0.1) is 0 Å². The third kappa shape index (κ3) is 6.84. The maximum Gasteiger partial charge on any atom is 0.309 e. The van der Waals surface area contributed by atoms with Crippen LogP contribution < -0.4 is 10.7 Å². The van der Waals surface area contributed by atoms with E-state index in [0.717, 1.165) is 44.4 Å². The number of nitrogens with zero attached hydrogens (tertiary/aromatic N) is 3. The maximum atomic E-state index is 13.1. The molecule has 1 unspecified atom stereocenters. The van der Waals surface area contributed by atoms with Gasteiger partial charge in [-0.15, -0.1) is 17.5 Å². The number of hydrogen-bond donors (Lipinski definition) is 2. The first kappa shape index (κ1) is 26.4. The quantitative estimate of drug-likeness (QED) is 0.432. The number of carbonyl (C=O) groups excluding carboxylic acids is 4. The molecule has 1 atom stereocenters. The zero-order chi connectivity index (χ0) is 22.4. The fourth-order valence-electron chi connectivity index (χ4n) is 4.47. The molecule has 11 heteroatoms. The smallest absolute Gasteiger partial charge is 0.309 e.